The van der Waals surface area contributed by atoms with E-state index in [4.69, 9.17) is 0 Å². The van der Waals surface area contributed by atoms with Crippen molar-refractivity contribution >= 4 is 24.8 Å². The fraction of sp³-hybridized carbons (Fsp3) is 0.438. The molecule has 0 radical (unpaired) electrons. The van der Waals surface area contributed by atoms with Crippen LogP contribution in [0.1, 0.15) is 30.1 Å². The maximum absolute atomic E-state index is 13.4. The van der Waals surface area contributed by atoms with Crippen LogP contribution in [-0.4, -0.2) is 22.6 Å². The maximum Gasteiger partial charge on any atom is 0.419 e. The van der Waals surface area contributed by atoms with Gasteiger partial charge in [-0.05, 0) is 44.1 Å². The first-order valence-electron chi connectivity index (χ1n) is 7.47. The summed E-state index contributed by atoms with van der Waals surface area (Å²) in [5, 5.41) is 3.27. The van der Waals surface area contributed by atoms with Crippen molar-refractivity contribution in [1.82, 2.24) is 14.9 Å². The molecule has 0 aliphatic carbocycles. The molecule has 0 unspecified atom stereocenters. The molecule has 1 aromatic heterocycles. The quantitative estimate of drug-likeness (QED) is 0.750. The van der Waals surface area contributed by atoms with Crippen molar-refractivity contribution in [2.24, 2.45) is 7.05 Å². The molecule has 1 N–H and O–H groups in total. The summed E-state index contributed by atoms with van der Waals surface area (Å²) in [4.78, 5) is 4.50. The number of rotatable bonds is 2. The zero-order valence-electron chi connectivity index (χ0n) is 13.4. The van der Waals surface area contributed by atoms with Crippen molar-refractivity contribution in [2.45, 2.75) is 24.9 Å². The van der Waals surface area contributed by atoms with Crippen molar-refractivity contribution in [3.63, 3.8) is 0 Å². The molecule has 3 rings (SSSR count). The van der Waals surface area contributed by atoms with Crippen molar-refractivity contribution < 1.29 is 17.6 Å². The van der Waals surface area contributed by atoms with E-state index in [2.05, 4.69) is 10.3 Å². The number of alkyl halides is 3. The number of halogens is 6. The van der Waals surface area contributed by atoms with E-state index in [-0.39, 0.29) is 36.3 Å². The largest absolute Gasteiger partial charge is 0.419 e. The summed E-state index contributed by atoms with van der Waals surface area (Å²) in [5.74, 6) is -0.118. The number of piperidine rings is 1. The van der Waals surface area contributed by atoms with E-state index in [0.29, 0.717) is 5.69 Å². The second-order valence-electron chi connectivity index (χ2n) is 5.81. The van der Waals surface area contributed by atoms with E-state index in [0.717, 1.165) is 43.9 Å². The normalized spacial score (nSPS) is 15.4. The molecule has 0 atom stereocenters. The maximum atomic E-state index is 13.4. The Bertz CT molecular complexity index is 710. The third-order valence-corrected chi connectivity index (χ3v) is 4.18. The Balaban J connectivity index is 0.00000156. The van der Waals surface area contributed by atoms with Gasteiger partial charge in [-0.1, -0.05) is 0 Å². The van der Waals surface area contributed by atoms with Crippen LogP contribution in [0.5, 0.6) is 0 Å². The van der Waals surface area contributed by atoms with E-state index >= 15 is 0 Å². The number of nitrogens with one attached hydrogen (secondary N) is 1. The lowest BCUT2D eigenvalue weighted by molar-refractivity contribution is -0.139. The van der Waals surface area contributed by atoms with Gasteiger partial charge >= 0.3 is 6.18 Å². The summed E-state index contributed by atoms with van der Waals surface area (Å²) in [7, 11) is 1.84. The van der Waals surface area contributed by atoms with E-state index in [1.807, 2.05) is 11.6 Å². The van der Waals surface area contributed by atoms with Crippen LogP contribution < -0.4 is 5.32 Å². The molecule has 2 aromatic rings. The fourth-order valence-corrected chi connectivity index (χ4v) is 2.98. The molecular formula is C16H19Cl2F4N3. The smallest absolute Gasteiger partial charge is 0.337 e. The molecule has 0 saturated carbocycles. The topological polar surface area (TPSA) is 29.9 Å². The van der Waals surface area contributed by atoms with Crippen LogP contribution in [0.25, 0.3) is 11.3 Å². The van der Waals surface area contributed by atoms with Crippen molar-refractivity contribution in [3.8, 4) is 11.3 Å². The zero-order valence-corrected chi connectivity index (χ0v) is 15.1. The summed E-state index contributed by atoms with van der Waals surface area (Å²) in [6.07, 6.45) is -1.12. The lowest BCUT2D eigenvalue weighted by atomic mass is 9.97. The summed E-state index contributed by atoms with van der Waals surface area (Å²) in [6, 6.07) is 3.00. The lowest BCUT2D eigenvalue weighted by Gasteiger charge is -2.21. The second-order valence-corrected chi connectivity index (χ2v) is 5.81. The van der Waals surface area contributed by atoms with Gasteiger partial charge in [0, 0.05) is 24.7 Å². The predicted octanol–water partition coefficient (Wildman–Crippen LogP) is 4.56. The van der Waals surface area contributed by atoms with Gasteiger partial charge in [0.2, 0.25) is 0 Å². The molecule has 0 amide bonds. The van der Waals surface area contributed by atoms with Gasteiger partial charge in [-0.15, -0.1) is 24.8 Å². The van der Waals surface area contributed by atoms with E-state index in [9.17, 15) is 17.6 Å². The molecule has 0 bridgehead atoms. The lowest BCUT2D eigenvalue weighted by Crippen LogP contribution is -2.27. The van der Waals surface area contributed by atoms with E-state index < -0.39 is 17.6 Å². The third-order valence-electron chi connectivity index (χ3n) is 4.18. The van der Waals surface area contributed by atoms with Gasteiger partial charge in [0.05, 0.1) is 11.3 Å². The predicted molar refractivity (Wildman–Crippen MR) is 92.9 cm³/mol. The van der Waals surface area contributed by atoms with Crippen LogP contribution in [0.3, 0.4) is 0 Å². The zero-order chi connectivity index (χ0) is 16.6. The van der Waals surface area contributed by atoms with Gasteiger partial charge in [0.25, 0.3) is 0 Å². The highest BCUT2D eigenvalue weighted by molar-refractivity contribution is 5.85. The molecule has 1 aromatic carbocycles. The van der Waals surface area contributed by atoms with Gasteiger partial charge in [-0.25, -0.2) is 9.37 Å². The minimum Gasteiger partial charge on any atom is -0.337 e. The molecule has 1 aliphatic heterocycles. The summed E-state index contributed by atoms with van der Waals surface area (Å²) in [6.45, 7) is 1.81. The van der Waals surface area contributed by atoms with Gasteiger partial charge in [-0.2, -0.15) is 13.2 Å². The monoisotopic (exact) mass is 399 g/mol. The Morgan fingerprint density at radius 3 is 2.40 bits per heavy atom. The molecule has 1 saturated heterocycles. The van der Waals surface area contributed by atoms with Gasteiger partial charge in [0.15, 0.2) is 0 Å². The van der Waals surface area contributed by atoms with Crippen LogP contribution in [-0.2, 0) is 13.2 Å². The van der Waals surface area contributed by atoms with Crippen LogP contribution in [0.15, 0.2) is 24.4 Å². The first kappa shape index (κ1) is 21.7. The Morgan fingerprint density at radius 1 is 1.16 bits per heavy atom. The van der Waals surface area contributed by atoms with Crippen LogP contribution in [0.2, 0.25) is 0 Å². The number of aromatic nitrogens is 2. The molecule has 0 spiro atoms. The minimum absolute atomic E-state index is 0. The molecule has 2 heterocycles. The number of aryl methyl sites for hydroxylation is 1. The van der Waals surface area contributed by atoms with Gasteiger partial charge in [0.1, 0.15) is 11.6 Å². The number of hydrogen-bond acceptors (Lipinski definition) is 2. The van der Waals surface area contributed by atoms with Gasteiger partial charge in [-0.3, -0.25) is 0 Å². The molecule has 3 nitrogen and oxygen atoms in total. The highest BCUT2D eigenvalue weighted by Gasteiger charge is 2.34. The fourth-order valence-electron chi connectivity index (χ4n) is 2.98. The standard InChI is InChI=1S/C16H17F4N3.2ClH/c1-23-9-14(22-15(23)10-4-6-21-7-5-10)11-2-3-13(17)12(8-11)16(18,19)20;;/h2-3,8-10,21H,4-7H2,1H3;2*1H. The first-order chi connectivity index (χ1) is 10.9. The average Bonchev–Trinajstić information content (AvgIpc) is 2.89. The molecule has 9 heteroatoms. The molecule has 140 valence electrons. The van der Waals surface area contributed by atoms with E-state index in [1.165, 1.54) is 6.07 Å². The summed E-state index contributed by atoms with van der Waals surface area (Å²) >= 11 is 0. The number of hydrogen-bond donors (Lipinski definition) is 1. The summed E-state index contributed by atoms with van der Waals surface area (Å²) in [5.41, 5.74) is -0.551. The third kappa shape index (κ3) is 4.65. The molecule has 25 heavy (non-hydrogen) atoms. The van der Waals surface area contributed by atoms with Crippen molar-refractivity contribution in [2.75, 3.05) is 13.1 Å². The SMILES string of the molecule is Cl.Cl.Cn1cc(-c2ccc(F)c(C(F)(F)F)c2)nc1C1CCNCC1. The van der Waals surface area contributed by atoms with Crippen LogP contribution in [0, 0.1) is 5.82 Å². The average molecular weight is 400 g/mol. The van der Waals surface area contributed by atoms with E-state index in [1.54, 1.807) is 6.20 Å². The second kappa shape index (κ2) is 8.38. The van der Waals surface area contributed by atoms with Gasteiger partial charge < -0.3 is 9.88 Å². The van der Waals surface area contributed by atoms with Crippen molar-refractivity contribution in [3.05, 3.63) is 41.6 Å². The first-order valence-corrected chi connectivity index (χ1v) is 7.47. The Kier molecular flexibility index (Phi) is 7.28. The Hall–Kier alpha value is -1.31. The minimum atomic E-state index is -4.72. The number of nitrogens with zero attached hydrogens (tertiary/aromatic N) is 2. The molecular weight excluding hydrogens is 381 g/mol. The van der Waals surface area contributed by atoms with Crippen LogP contribution >= 0.6 is 24.8 Å². The number of imidazole rings is 1. The Morgan fingerprint density at radius 2 is 1.80 bits per heavy atom. The highest BCUT2D eigenvalue weighted by Crippen LogP contribution is 2.34. The molecule has 1 aliphatic rings. The summed E-state index contributed by atoms with van der Waals surface area (Å²) < 4.78 is 53.8. The highest BCUT2D eigenvalue weighted by atomic mass is 35.5. The van der Waals surface area contributed by atoms with Crippen LogP contribution in [0.4, 0.5) is 17.6 Å². The molecule has 1 fully saturated rings. The Labute approximate surface area is 155 Å². The van der Waals surface area contributed by atoms with Crippen molar-refractivity contribution in [1.29, 1.82) is 0 Å². The number of benzene rings is 1.